The second-order valence-electron chi connectivity index (χ2n) is 3.43. The minimum Gasteiger partial charge on any atom is -0.463 e. The molecule has 4 nitrogen and oxygen atoms in total. The molecule has 0 N–H and O–H groups in total. The molecule has 0 saturated heterocycles. The maximum absolute atomic E-state index is 11.7. The zero-order valence-electron chi connectivity index (χ0n) is 9.23. The molecule has 2 aromatic rings. The summed E-state index contributed by atoms with van der Waals surface area (Å²) in [5.41, 5.74) is 0.875. The van der Waals surface area contributed by atoms with Crippen molar-refractivity contribution < 1.29 is 13.9 Å². The molecule has 0 unspecified atom stereocenters. The predicted octanol–water partition coefficient (Wildman–Crippen LogP) is 2.22. The van der Waals surface area contributed by atoms with Crippen LogP contribution < -0.4 is 5.43 Å². The van der Waals surface area contributed by atoms with Gasteiger partial charge in [-0.05, 0) is 17.7 Å². The summed E-state index contributed by atoms with van der Waals surface area (Å²) in [6.45, 7) is 3.62. The summed E-state index contributed by atoms with van der Waals surface area (Å²) in [6.07, 6.45) is 1.63. The maximum atomic E-state index is 11.7. The molecule has 0 amide bonds. The third-order valence-electron chi connectivity index (χ3n) is 2.38. The molecule has 0 fully saturated rings. The molecule has 0 bridgehead atoms. The number of fused-ring (bicyclic) bond motifs is 1. The van der Waals surface area contributed by atoms with Crippen molar-refractivity contribution in [1.82, 2.24) is 0 Å². The van der Waals surface area contributed by atoms with E-state index < -0.39 is 5.97 Å². The van der Waals surface area contributed by atoms with Gasteiger partial charge in [0.15, 0.2) is 5.43 Å². The summed E-state index contributed by atoms with van der Waals surface area (Å²) in [7, 11) is 1.23. The number of hydrogen-bond donors (Lipinski definition) is 0. The van der Waals surface area contributed by atoms with E-state index in [0.29, 0.717) is 11.0 Å². The van der Waals surface area contributed by atoms with Crippen molar-refractivity contribution in [3.8, 4) is 0 Å². The second kappa shape index (κ2) is 4.25. The van der Waals surface area contributed by atoms with E-state index in [4.69, 9.17) is 4.42 Å². The first-order valence-corrected chi connectivity index (χ1v) is 4.94. The fourth-order valence-corrected chi connectivity index (χ4v) is 1.50. The number of hydrogen-bond acceptors (Lipinski definition) is 4. The van der Waals surface area contributed by atoms with E-state index in [1.165, 1.54) is 7.11 Å². The van der Waals surface area contributed by atoms with Crippen LogP contribution in [0.4, 0.5) is 0 Å². The highest BCUT2D eigenvalue weighted by Gasteiger charge is 2.12. The number of carbonyl (C=O) groups is 1. The van der Waals surface area contributed by atoms with Crippen molar-refractivity contribution >= 4 is 23.0 Å². The van der Waals surface area contributed by atoms with E-state index in [-0.39, 0.29) is 11.2 Å². The molecule has 0 radical (unpaired) electrons. The largest absolute Gasteiger partial charge is 0.463 e. The van der Waals surface area contributed by atoms with E-state index in [9.17, 15) is 9.59 Å². The van der Waals surface area contributed by atoms with Crippen LogP contribution in [0.1, 0.15) is 16.1 Å². The number of methoxy groups -OCH3 is 1. The Balaban J connectivity index is 2.74. The van der Waals surface area contributed by atoms with Crippen LogP contribution in [0.15, 0.2) is 40.1 Å². The molecule has 2 rings (SSSR count). The van der Waals surface area contributed by atoms with Crippen LogP contribution in [0.5, 0.6) is 0 Å². The lowest BCUT2D eigenvalue weighted by molar-refractivity contribution is 0.0565. The van der Waals surface area contributed by atoms with Gasteiger partial charge in [0.2, 0.25) is 5.76 Å². The quantitative estimate of drug-likeness (QED) is 0.742. The minimum absolute atomic E-state index is 0.105. The van der Waals surface area contributed by atoms with Crippen molar-refractivity contribution in [2.45, 2.75) is 0 Å². The van der Waals surface area contributed by atoms with E-state index in [0.717, 1.165) is 11.6 Å². The predicted molar refractivity (Wildman–Crippen MR) is 63.9 cm³/mol. The third kappa shape index (κ3) is 1.97. The Hall–Kier alpha value is -2.36. The number of benzene rings is 1. The topological polar surface area (TPSA) is 56.5 Å². The first kappa shape index (κ1) is 11.1. The summed E-state index contributed by atoms with van der Waals surface area (Å²) < 4.78 is 9.82. The van der Waals surface area contributed by atoms with Gasteiger partial charge in [-0.2, -0.15) is 0 Å². The Morgan fingerprint density at radius 2 is 2.18 bits per heavy atom. The number of ether oxygens (including phenoxy) is 1. The zero-order valence-corrected chi connectivity index (χ0v) is 9.23. The van der Waals surface area contributed by atoms with Crippen LogP contribution in [0.2, 0.25) is 0 Å². The van der Waals surface area contributed by atoms with Gasteiger partial charge in [-0.15, -0.1) is 0 Å². The Bertz CT molecular complexity index is 652. The molecule has 1 aromatic heterocycles. The van der Waals surface area contributed by atoms with Crippen LogP contribution in [-0.2, 0) is 4.74 Å². The Morgan fingerprint density at radius 3 is 2.82 bits per heavy atom. The standard InChI is InChI=1S/C13H10O4/c1-3-8-4-5-9-10(14)7-12(13(15)16-2)17-11(9)6-8/h3-7H,1H2,2H3. The van der Waals surface area contributed by atoms with E-state index >= 15 is 0 Å². The van der Waals surface area contributed by atoms with Crippen molar-refractivity contribution in [1.29, 1.82) is 0 Å². The molecular formula is C13H10O4. The monoisotopic (exact) mass is 230 g/mol. The lowest BCUT2D eigenvalue weighted by atomic mass is 10.1. The summed E-state index contributed by atoms with van der Waals surface area (Å²) in [4.78, 5) is 23.0. The van der Waals surface area contributed by atoms with E-state index in [1.807, 2.05) is 0 Å². The van der Waals surface area contributed by atoms with Crippen LogP contribution in [-0.4, -0.2) is 13.1 Å². The van der Waals surface area contributed by atoms with Gasteiger partial charge in [-0.1, -0.05) is 18.7 Å². The van der Waals surface area contributed by atoms with Crippen LogP contribution in [0.3, 0.4) is 0 Å². The van der Waals surface area contributed by atoms with Gasteiger partial charge in [-0.3, -0.25) is 4.79 Å². The lowest BCUT2D eigenvalue weighted by Gasteiger charge is -2.01. The van der Waals surface area contributed by atoms with Crippen LogP contribution in [0.25, 0.3) is 17.0 Å². The Morgan fingerprint density at radius 1 is 1.41 bits per heavy atom. The van der Waals surface area contributed by atoms with Crippen LogP contribution in [0, 0.1) is 0 Å². The molecule has 0 aliphatic carbocycles. The molecule has 0 aliphatic rings. The molecule has 0 saturated carbocycles. The van der Waals surface area contributed by atoms with Gasteiger partial charge in [0.05, 0.1) is 12.5 Å². The zero-order chi connectivity index (χ0) is 12.4. The SMILES string of the molecule is C=Cc1ccc2c(=O)cc(C(=O)OC)oc2c1. The molecule has 0 atom stereocenters. The summed E-state index contributed by atoms with van der Waals surface area (Å²) >= 11 is 0. The highest BCUT2D eigenvalue weighted by molar-refractivity contribution is 5.89. The van der Waals surface area contributed by atoms with Gasteiger partial charge < -0.3 is 9.15 Å². The second-order valence-corrected chi connectivity index (χ2v) is 3.43. The molecule has 0 spiro atoms. The molecule has 1 aromatic carbocycles. The highest BCUT2D eigenvalue weighted by Crippen LogP contribution is 2.15. The average molecular weight is 230 g/mol. The third-order valence-corrected chi connectivity index (χ3v) is 2.38. The summed E-state index contributed by atoms with van der Waals surface area (Å²) in [6, 6.07) is 6.17. The van der Waals surface area contributed by atoms with Gasteiger partial charge in [0, 0.05) is 6.07 Å². The highest BCUT2D eigenvalue weighted by atomic mass is 16.5. The number of rotatable bonds is 2. The average Bonchev–Trinajstić information content (AvgIpc) is 2.36. The maximum Gasteiger partial charge on any atom is 0.374 e. The first-order chi connectivity index (χ1) is 8.15. The number of carbonyl (C=O) groups excluding carboxylic acids is 1. The minimum atomic E-state index is -0.673. The smallest absolute Gasteiger partial charge is 0.374 e. The molecule has 1 heterocycles. The Labute approximate surface area is 97.1 Å². The fourth-order valence-electron chi connectivity index (χ4n) is 1.50. The van der Waals surface area contributed by atoms with Crippen LogP contribution >= 0.6 is 0 Å². The van der Waals surface area contributed by atoms with Crippen molar-refractivity contribution in [2.24, 2.45) is 0 Å². The molecule has 86 valence electrons. The van der Waals surface area contributed by atoms with Crippen molar-refractivity contribution in [3.63, 3.8) is 0 Å². The lowest BCUT2D eigenvalue weighted by Crippen LogP contribution is -2.08. The van der Waals surface area contributed by atoms with Crippen molar-refractivity contribution in [3.05, 3.63) is 52.4 Å². The molecule has 17 heavy (non-hydrogen) atoms. The van der Waals surface area contributed by atoms with E-state index in [1.54, 1.807) is 24.3 Å². The molecule has 0 aliphatic heterocycles. The van der Waals surface area contributed by atoms with Gasteiger partial charge in [0.1, 0.15) is 5.58 Å². The molecular weight excluding hydrogens is 220 g/mol. The van der Waals surface area contributed by atoms with Crippen molar-refractivity contribution in [2.75, 3.05) is 7.11 Å². The molecule has 4 heteroatoms. The first-order valence-electron chi connectivity index (χ1n) is 4.94. The normalized spacial score (nSPS) is 10.2. The fraction of sp³-hybridized carbons (Fsp3) is 0.0769. The van der Waals surface area contributed by atoms with Gasteiger partial charge in [-0.25, -0.2) is 4.79 Å². The summed E-state index contributed by atoms with van der Waals surface area (Å²) in [5, 5.41) is 0.420. The summed E-state index contributed by atoms with van der Waals surface area (Å²) in [5.74, 6) is -0.779. The van der Waals surface area contributed by atoms with Gasteiger partial charge in [0.25, 0.3) is 0 Å². The van der Waals surface area contributed by atoms with E-state index in [2.05, 4.69) is 11.3 Å². The Kier molecular flexibility index (Phi) is 2.78. The number of esters is 1. The van der Waals surface area contributed by atoms with Gasteiger partial charge >= 0.3 is 5.97 Å².